The van der Waals surface area contributed by atoms with Crippen molar-refractivity contribution in [3.05, 3.63) is 124 Å². The molecule has 0 bridgehead atoms. The quantitative estimate of drug-likeness (QED) is 0.0969. The molecule has 0 aliphatic rings. The van der Waals surface area contributed by atoms with Crippen LogP contribution in [0.25, 0.3) is 0 Å². The van der Waals surface area contributed by atoms with E-state index in [-0.39, 0.29) is 30.8 Å². The number of anilines is 1. The summed E-state index contributed by atoms with van der Waals surface area (Å²) >= 11 is 8.11. The Kier molecular flexibility index (Phi) is 10.8. The molecule has 0 aliphatic heterocycles. The maximum Gasteiger partial charge on any atom is 0.257 e. The molecule has 9 nitrogen and oxygen atoms in total. The van der Waals surface area contributed by atoms with Gasteiger partial charge in [-0.1, -0.05) is 60.1 Å². The summed E-state index contributed by atoms with van der Waals surface area (Å²) in [7, 11) is 1.51. The van der Waals surface area contributed by atoms with E-state index in [0.29, 0.717) is 34.0 Å². The second kappa shape index (κ2) is 14.9. The number of pyridine rings is 1. The predicted octanol–water partition coefficient (Wildman–Crippen LogP) is 4.93. The van der Waals surface area contributed by atoms with Crippen molar-refractivity contribution in [2.24, 2.45) is 5.73 Å². The predicted molar refractivity (Wildman–Crippen MR) is 168 cm³/mol. The standard InChI is InChI=1S/C31H31ClN6O3S/c1-35-29(39)19-41-28-15-22(30(33)34)10-11-23(28)17-37-31(40)24-13-25(32)16-27(14-24)38(18-26-9-5-6-12-36-26)42-20-21-7-3-2-4-8-21/h2-16H,17-20H2,1H3,(H3,33,34)(H,35,39)(H,37,40). The van der Waals surface area contributed by atoms with Gasteiger partial charge in [0.05, 0.1) is 12.2 Å². The maximum atomic E-state index is 13.3. The number of benzene rings is 3. The molecule has 0 saturated carbocycles. The molecule has 1 heterocycles. The smallest absolute Gasteiger partial charge is 0.257 e. The van der Waals surface area contributed by atoms with Gasteiger partial charge in [0.1, 0.15) is 11.6 Å². The first-order valence-corrected chi connectivity index (χ1v) is 14.4. The van der Waals surface area contributed by atoms with E-state index >= 15 is 0 Å². The number of nitrogens with zero attached hydrogens (tertiary/aromatic N) is 2. The van der Waals surface area contributed by atoms with Gasteiger partial charge in [-0.2, -0.15) is 0 Å². The number of halogens is 1. The largest absolute Gasteiger partial charge is 0.483 e. The number of ether oxygens (including phenoxy) is 1. The van der Waals surface area contributed by atoms with Crippen molar-refractivity contribution in [1.29, 1.82) is 5.41 Å². The van der Waals surface area contributed by atoms with E-state index in [0.717, 1.165) is 17.1 Å². The van der Waals surface area contributed by atoms with Gasteiger partial charge in [0.25, 0.3) is 11.8 Å². The van der Waals surface area contributed by atoms with Crippen LogP contribution in [0.1, 0.15) is 32.7 Å². The van der Waals surface area contributed by atoms with Gasteiger partial charge < -0.3 is 25.4 Å². The SMILES string of the molecule is CNC(=O)COc1cc(C(=N)N)ccc1CNC(=O)c1cc(Cl)cc(N(Cc2ccccn2)SCc2ccccc2)c1. The molecule has 0 spiro atoms. The van der Waals surface area contributed by atoms with Crippen molar-refractivity contribution in [3.8, 4) is 5.75 Å². The average molecular weight is 603 g/mol. The van der Waals surface area contributed by atoms with E-state index in [4.69, 9.17) is 27.5 Å². The highest BCUT2D eigenvalue weighted by atomic mass is 35.5. The lowest BCUT2D eigenvalue weighted by Crippen LogP contribution is -2.26. The van der Waals surface area contributed by atoms with Crippen LogP contribution in [0.2, 0.25) is 5.02 Å². The number of hydrogen-bond donors (Lipinski definition) is 4. The number of rotatable bonds is 13. The van der Waals surface area contributed by atoms with Crippen molar-refractivity contribution in [2.75, 3.05) is 18.0 Å². The van der Waals surface area contributed by atoms with Crippen molar-refractivity contribution in [3.63, 3.8) is 0 Å². The summed E-state index contributed by atoms with van der Waals surface area (Å²) in [6, 6.07) is 26.1. The summed E-state index contributed by atoms with van der Waals surface area (Å²) in [4.78, 5) is 29.5. The molecular weight excluding hydrogens is 572 g/mol. The molecule has 0 radical (unpaired) electrons. The fraction of sp³-hybridized carbons (Fsp3) is 0.161. The molecule has 0 aliphatic carbocycles. The van der Waals surface area contributed by atoms with E-state index < -0.39 is 0 Å². The zero-order chi connectivity index (χ0) is 29.9. The van der Waals surface area contributed by atoms with E-state index in [1.807, 2.05) is 42.5 Å². The first kappa shape index (κ1) is 30.4. The molecule has 4 aromatic rings. The number of nitrogens with one attached hydrogen (secondary N) is 3. The van der Waals surface area contributed by atoms with Gasteiger partial charge in [-0.3, -0.25) is 20.0 Å². The van der Waals surface area contributed by atoms with E-state index in [9.17, 15) is 9.59 Å². The minimum absolute atomic E-state index is 0.113. The highest BCUT2D eigenvalue weighted by Gasteiger charge is 2.16. The molecule has 5 N–H and O–H groups in total. The summed E-state index contributed by atoms with van der Waals surface area (Å²) in [6.45, 7) is 0.403. The first-order chi connectivity index (χ1) is 20.3. The highest BCUT2D eigenvalue weighted by Crippen LogP contribution is 2.31. The molecule has 4 rings (SSSR count). The molecule has 3 aromatic carbocycles. The number of nitrogen functional groups attached to an aromatic ring is 1. The fourth-order valence-electron chi connectivity index (χ4n) is 3.92. The molecular formula is C31H31ClN6O3S. The second-order valence-electron chi connectivity index (χ2n) is 9.20. The Bertz CT molecular complexity index is 1540. The molecule has 2 amide bonds. The van der Waals surface area contributed by atoms with Crippen LogP contribution in [-0.2, 0) is 23.6 Å². The molecule has 0 saturated heterocycles. The number of likely N-dealkylation sites (N-methyl/N-ethyl adjacent to an activating group) is 1. The second-order valence-corrected chi connectivity index (χ2v) is 10.6. The van der Waals surface area contributed by atoms with E-state index in [2.05, 4.69) is 32.1 Å². The zero-order valence-corrected chi connectivity index (χ0v) is 24.5. The van der Waals surface area contributed by atoms with Crippen LogP contribution >= 0.6 is 23.5 Å². The van der Waals surface area contributed by atoms with Gasteiger partial charge in [0.2, 0.25) is 0 Å². The van der Waals surface area contributed by atoms with Gasteiger partial charge in [-0.25, -0.2) is 0 Å². The number of carbonyl (C=O) groups is 2. The lowest BCUT2D eigenvalue weighted by molar-refractivity contribution is -0.122. The monoisotopic (exact) mass is 602 g/mol. The number of nitrogens with two attached hydrogens (primary N) is 1. The number of aromatic nitrogens is 1. The minimum Gasteiger partial charge on any atom is -0.483 e. The van der Waals surface area contributed by atoms with Gasteiger partial charge in [-0.15, -0.1) is 0 Å². The van der Waals surface area contributed by atoms with Gasteiger partial charge >= 0.3 is 0 Å². The molecule has 0 atom stereocenters. The topological polar surface area (TPSA) is 133 Å². The average Bonchev–Trinajstić information content (AvgIpc) is 3.01. The van der Waals surface area contributed by atoms with Gasteiger partial charge in [0, 0.05) is 52.9 Å². The Labute approximate surface area is 254 Å². The zero-order valence-electron chi connectivity index (χ0n) is 23.0. The van der Waals surface area contributed by atoms with Crippen LogP contribution in [0, 0.1) is 5.41 Å². The van der Waals surface area contributed by atoms with Crippen molar-refractivity contribution in [2.45, 2.75) is 18.8 Å². The summed E-state index contributed by atoms with van der Waals surface area (Å²) in [5.41, 5.74) is 9.88. The molecule has 216 valence electrons. The third-order valence-electron chi connectivity index (χ3n) is 6.15. The van der Waals surface area contributed by atoms with E-state index in [1.165, 1.54) is 12.6 Å². The van der Waals surface area contributed by atoms with Crippen LogP contribution in [0.5, 0.6) is 5.75 Å². The number of hydrogen-bond acceptors (Lipinski definition) is 7. The highest BCUT2D eigenvalue weighted by molar-refractivity contribution is 7.99. The minimum atomic E-state index is -0.336. The summed E-state index contributed by atoms with van der Waals surface area (Å²) in [5.74, 6) is 0.276. The first-order valence-electron chi connectivity index (χ1n) is 13.1. The van der Waals surface area contributed by atoms with Crippen LogP contribution in [-0.4, -0.2) is 36.3 Å². The van der Waals surface area contributed by atoms with Gasteiger partial charge in [-0.05, 0) is 53.9 Å². The van der Waals surface area contributed by atoms with Crippen LogP contribution in [0.3, 0.4) is 0 Å². The van der Waals surface area contributed by atoms with E-state index in [1.54, 1.807) is 48.5 Å². The Morgan fingerprint density at radius 2 is 1.81 bits per heavy atom. The molecule has 0 unspecified atom stereocenters. The summed E-state index contributed by atoms with van der Waals surface area (Å²) in [6.07, 6.45) is 1.75. The number of amidine groups is 1. The normalized spacial score (nSPS) is 10.5. The number of carbonyl (C=O) groups excluding carboxylic acids is 2. The van der Waals surface area contributed by atoms with Crippen molar-refractivity contribution >= 4 is 46.9 Å². The van der Waals surface area contributed by atoms with Crippen LogP contribution < -0.4 is 25.4 Å². The Balaban J connectivity index is 1.53. The Hall–Kier alpha value is -4.54. The lowest BCUT2D eigenvalue weighted by Gasteiger charge is -2.24. The Morgan fingerprint density at radius 3 is 2.52 bits per heavy atom. The molecule has 0 fully saturated rings. The molecule has 1 aromatic heterocycles. The fourth-order valence-corrected chi connectivity index (χ4v) is 5.13. The molecule has 11 heteroatoms. The third-order valence-corrected chi connectivity index (χ3v) is 7.48. The van der Waals surface area contributed by atoms with Crippen molar-refractivity contribution in [1.82, 2.24) is 15.6 Å². The number of amides is 2. The van der Waals surface area contributed by atoms with Crippen LogP contribution in [0.15, 0.2) is 91.1 Å². The summed E-state index contributed by atoms with van der Waals surface area (Å²) < 4.78 is 7.73. The molecule has 42 heavy (non-hydrogen) atoms. The third kappa shape index (κ3) is 8.73. The van der Waals surface area contributed by atoms with Crippen molar-refractivity contribution < 1.29 is 14.3 Å². The lowest BCUT2D eigenvalue weighted by atomic mass is 10.1. The Morgan fingerprint density at radius 1 is 1.02 bits per heavy atom. The van der Waals surface area contributed by atoms with Crippen LogP contribution in [0.4, 0.5) is 5.69 Å². The van der Waals surface area contributed by atoms with Gasteiger partial charge in [0.15, 0.2) is 6.61 Å². The maximum absolute atomic E-state index is 13.3. The summed E-state index contributed by atoms with van der Waals surface area (Å²) in [5, 5.41) is 13.5.